The number of furan rings is 1. The van der Waals surface area contributed by atoms with Gasteiger partial charge in [0.25, 0.3) is 0 Å². The summed E-state index contributed by atoms with van der Waals surface area (Å²) in [5, 5.41) is 4.06. The van der Waals surface area contributed by atoms with Gasteiger partial charge in [-0.25, -0.2) is 0 Å². The zero-order chi connectivity index (χ0) is 11.7. The molecule has 0 radical (unpaired) electrons. The molecule has 2 fully saturated rings. The Balaban J connectivity index is 1.49. The van der Waals surface area contributed by atoms with Gasteiger partial charge in [-0.1, -0.05) is 0 Å². The van der Waals surface area contributed by atoms with E-state index in [1.54, 1.807) is 6.07 Å². The number of hydrogen-bond donors (Lipinski definition) is 1. The summed E-state index contributed by atoms with van der Waals surface area (Å²) < 4.78 is 5.35. The first-order chi connectivity index (χ1) is 8.31. The van der Waals surface area contributed by atoms with Crippen molar-refractivity contribution in [3.05, 3.63) is 23.1 Å². The quantitative estimate of drug-likeness (QED) is 0.899. The van der Waals surface area contributed by atoms with Gasteiger partial charge in [0, 0.05) is 12.1 Å². The van der Waals surface area contributed by atoms with Crippen molar-refractivity contribution in [2.24, 2.45) is 0 Å². The molecule has 0 bridgehead atoms. The van der Waals surface area contributed by atoms with Crippen molar-refractivity contribution in [1.82, 2.24) is 10.2 Å². The molecule has 2 aliphatic heterocycles. The molecule has 3 rings (SSSR count). The Labute approximate surface area is 107 Å². The molecule has 3 nitrogen and oxygen atoms in total. The molecule has 1 aromatic heterocycles. The minimum absolute atomic E-state index is 0.479. The third-order valence-electron chi connectivity index (χ3n) is 4.01. The highest BCUT2D eigenvalue weighted by Gasteiger charge is 2.31. The zero-order valence-corrected chi connectivity index (χ0v) is 10.7. The highest BCUT2D eigenvalue weighted by molar-refractivity contribution is 6.28. The fraction of sp³-hybridized carbons (Fsp3) is 0.692. The molecule has 1 N–H and O–H groups in total. The van der Waals surface area contributed by atoms with Crippen molar-refractivity contribution in [2.45, 2.75) is 44.3 Å². The molecule has 0 aliphatic carbocycles. The molecule has 1 aromatic rings. The number of halogens is 1. The van der Waals surface area contributed by atoms with Gasteiger partial charge in [-0.05, 0) is 62.5 Å². The predicted octanol–water partition coefficient (Wildman–Crippen LogP) is 2.65. The molecule has 3 heterocycles. The molecule has 17 heavy (non-hydrogen) atoms. The fourth-order valence-corrected chi connectivity index (χ4v) is 3.26. The van der Waals surface area contributed by atoms with Crippen molar-refractivity contribution >= 4 is 11.6 Å². The van der Waals surface area contributed by atoms with Gasteiger partial charge in [-0.3, -0.25) is 0 Å². The summed E-state index contributed by atoms with van der Waals surface area (Å²) in [5.41, 5.74) is 0. The van der Waals surface area contributed by atoms with Gasteiger partial charge in [0.2, 0.25) is 0 Å². The molecule has 0 saturated carbocycles. The van der Waals surface area contributed by atoms with E-state index < -0.39 is 0 Å². The number of fused-ring (bicyclic) bond motifs is 1. The highest BCUT2D eigenvalue weighted by atomic mass is 35.5. The summed E-state index contributed by atoms with van der Waals surface area (Å²) in [7, 11) is 0. The van der Waals surface area contributed by atoms with Gasteiger partial charge >= 0.3 is 0 Å². The number of rotatable bonds is 3. The summed E-state index contributed by atoms with van der Waals surface area (Å²) in [5.74, 6) is 0.934. The first kappa shape index (κ1) is 11.6. The average Bonchev–Trinajstić information content (AvgIpc) is 2.94. The molecular formula is C13H19ClN2O. The van der Waals surface area contributed by atoms with Crippen LogP contribution in [0, 0.1) is 0 Å². The standard InChI is InChI=1S/C13H19ClN2O/c14-13-4-3-12(17-13)9-15-10-5-7-16-6-1-2-11(16)8-10/h3-4,10-11,15H,1-2,5-9H2. The van der Waals surface area contributed by atoms with E-state index in [2.05, 4.69) is 10.2 Å². The van der Waals surface area contributed by atoms with E-state index in [1.165, 1.54) is 38.8 Å². The van der Waals surface area contributed by atoms with Gasteiger partial charge in [-0.15, -0.1) is 0 Å². The molecular weight excluding hydrogens is 236 g/mol. The third kappa shape index (κ3) is 2.67. The first-order valence-corrected chi connectivity index (χ1v) is 6.91. The van der Waals surface area contributed by atoms with Gasteiger partial charge in [0.1, 0.15) is 5.76 Å². The van der Waals surface area contributed by atoms with Crippen LogP contribution in [0.4, 0.5) is 0 Å². The van der Waals surface area contributed by atoms with Crippen LogP contribution in [0.2, 0.25) is 5.22 Å². The van der Waals surface area contributed by atoms with Crippen molar-refractivity contribution < 1.29 is 4.42 Å². The van der Waals surface area contributed by atoms with Gasteiger partial charge in [0.05, 0.1) is 6.54 Å². The van der Waals surface area contributed by atoms with Crippen molar-refractivity contribution in [3.63, 3.8) is 0 Å². The molecule has 2 aliphatic rings. The molecule has 0 spiro atoms. The molecule has 4 heteroatoms. The Morgan fingerprint density at radius 1 is 1.35 bits per heavy atom. The minimum Gasteiger partial charge on any atom is -0.448 e. The lowest BCUT2D eigenvalue weighted by molar-refractivity contribution is 0.165. The molecule has 2 unspecified atom stereocenters. The Morgan fingerprint density at radius 2 is 2.29 bits per heavy atom. The van der Waals surface area contributed by atoms with Crippen molar-refractivity contribution in [3.8, 4) is 0 Å². The van der Waals surface area contributed by atoms with E-state index >= 15 is 0 Å². The van der Waals surface area contributed by atoms with Crippen LogP contribution < -0.4 is 5.32 Å². The van der Waals surface area contributed by atoms with Crippen LogP contribution in [-0.4, -0.2) is 30.1 Å². The number of nitrogens with zero attached hydrogens (tertiary/aromatic N) is 1. The smallest absolute Gasteiger partial charge is 0.193 e. The Bertz CT molecular complexity index is 379. The highest BCUT2D eigenvalue weighted by Crippen LogP contribution is 2.27. The van der Waals surface area contributed by atoms with Crippen LogP contribution in [0.15, 0.2) is 16.5 Å². The van der Waals surface area contributed by atoms with Crippen molar-refractivity contribution in [1.29, 1.82) is 0 Å². The Morgan fingerprint density at radius 3 is 3.12 bits per heavy atom. The predicted molar refractivity (Wildman–Crippen MR) is 68.2 cm³/mol. The summed E-state index contributed by atoms with van der Waals surface area (Å²) in [6, 6.07) is 5.21. The maximum Gasteiger partial charge on any atom is 0.193 e. The van der Waals surface area contributed by atoms with Crippen LogP contribution in [0.25, 0.3) is 0 Å². The van der Waals surface area contributed by atoms with E-state index in [9.17, 15) is 0 Å². The van der Waals surface area contributed by atoms with E-state index in [0.717, 1.165) is 18.3 Å². The Kier molecular flexibility index (Phi) is 3.41. The van der Waals surface area contributed by atoms with Crippen LogP contribution in [0.3, 0.4) is 0 Å². The summed E-state index contributed by atoms with van der Waals surface area (Å²) in [6.07, 6.45) is 5.30. The van der Waals surface area contributed by atoms with Crippen LogP contribution in [-0.2, 0) is 6.54 Å². The second-order valence-electron chi connectivity index (χ2n) is 5.14. The van der Waals surface area contributed by atoms with E-state index in [1.807, 2.05) is 6.07 Å². The molecule has 2 saturated heterocycles. The lowest BCUT2D eigenvalue weighted by Gasteiger charge is -2.35. The summed E-state index contributed by atoms with van der Waals surface area (Å²) in [6.45, 7) is 3.36. The van der Waals surface area contributed by atoms with E-state index in [0.29, 0.717) is 11.3 Å². The largest absolute Gasteiger partial charge is 0.448 e. The van der Waals surface area contributed by atoms with E-state index in [-0.39, 0.29) is 0 Å². The molecule has 2 atom stereocenters. The molecule has 94 valence electrons. The topological polar surface area (TPSA) is 28.4 Å². The average molecular weight is 255 g/mol. The number of hydrogen-bond acceptors (Lipinski definition) is 3. The normalized spacial score (nSPS) is 29.5. The van der Waals surface area contributed by atoms with Crippen molar-refractivity contribution in [2.75, 3.05) is 13.1 Å². The maximum absolute atomic E-state index is 5.75. The monoisotopic (exact) mass is 254 g/mol. The lowest BCUT2D eigenvalue weighted by Crippen LogP contribution is -2.45. The number of piperidine rings is 1. The summed E-state index contributed by atoms with van der Waals surface area (Å²) in [4.78, 5) is 2.64. The molecule has 0 aromatic carbocycles. The van der Waals surface area contributed by atoms with Crippen LogP contribution >= 0.6 is 11.6 Å². The zero-order valence-electron chi connectivity index (χ0n) is 9.99. The SMILES string of the molecule is Clc1ccc(CNC2CCN3CCCC3C2)o1. The number of nitrogens with one attached hydrogen (secondary N) is 1. The first-order valence-electron chi connectivity index (χ1n) is 6.53. The Hall–Kier alpha value is -0.510. The van der Waals surface area contributed by atoms with Gasteiger partial charge in [-0.2, -0.15) is 0 Å². The van der Waals surface area contributed by atoms with Gasteiger partial charge in [0.15, 0.2) is 5.22 Å². The lowest BCUT2D eigenvalue weighted by atomic mass is 9.97. The van der Waals surface area contributed by atoms with E-state index in [4.69, 9.17) is 16.0 Å². The van der Waals surface area contributed by atoms with Crippen LogP contribution in [0.5, 0.6) is 0 Å². The van der Waals surface area contributed by atoms with Gasteiger partial charge < -0.3 is 14.6 Å². The minimum atomic E-state index is 0.479. The summed E-state index contributed by atoms with van der Waals surface area (Å²) >= 11 is 5.75. The van der Waals surface area contributed by atoms with Crippen LogP contribution in [0.1, 0.15) is 31.4 Å². The maximum atomic E-state index is 5.75. The second-order valence-corrected chi connectivity index (χ2v) is 5.51. The fourth-order valence-electron chi connectivity index (χ4n) is 3.10. The second kappa shape index (κ2) is 5.01. The third-order valence-corrected chi connectivity index (χ3v) is 4.22. The molecule has 0 amide bonds.